The monoisotopic (exact) mass is 396 g/mol. The first-order valence-corrected chi connectivity index (χ1v) is 9.93. The number of carbonyl (C=O) groups excluding carboxylic acids is 3. The molecule has 4 rings (SSSR count). The van der Waals surface area contributed by atoms with E-state index in [-0.39, 0.29) is 6.04 Å². The molecule has 1 fully saturated rings. The number of hydrogen-bond donors (Lipinski definition) is 2. The molecule has 28 heavy (non-hydrogen) atoms. The van der Waals surface area contributed by atoms with Crippen LogP contribution in [-0.2, 0) is 0 Å². The molecule has 2 aliphatic rings. The molecule has 144 valence electrons. The van der Waals surface area contributed by atoms with Gasteiger partial charge in [0.1, 0.15) is 0 Å². The van der Waals surface area contributed by atoms with E-state index in [1.165, 1.54) is 6.07 Å². The van der Waals surface area contributed by atoms with Crippen LogP contribution >= 0.6 is 11.6 Å². The molecule has 1 amide bonds. The number of ketones is 2. The van der Waals surface area contributed by atoms with Gasteiger partial charge in [0.25, 0.3) is 5.91 Å². The molecule has 2 aliphatic carbocycles. The van der Waals surface area contributed by atoms with Crippen LogP contribution in [0.1, 0.15) is 63.2 Å². The summed E-state index contributed by atoms with van der Waals surface area (Å²) < 4.78 is 0. The Hall–Kier alpha value is -2.50. The predicted octanol–water partition coefficient (Wildman–Crippen LogP) is 3.77. The maximum atomic E-state index is 13.3. The number of hydrogen-bond acceptors (Lipinski definition) is 4. The topological polar surface area (TPSA) is 75.3 Å². The second-order valence-electron chi connectivity index (χ2n) is 7.40. The summed E-state index contributed by atoms with van der Waals surface area (Å²) in [6.45, 7) is 0. The van der Waals surface area contributed by atoms with Gasteiger partial charge >= 0.3 is 0 Å². The van der Waals surface area contributed by atoms with Crippen molar-refractivity contribution < 1.29 is 14.4 Å². The van der Waals surface area contributed by atoms with Crippen LogP contribution in [-0.4, -0.2) is 29.2 Å². The molecule has 0 spiro atoms. The summed E-state index contributed by atoms with van der Waals surface area (Å²) in [7, 11) is 0. The van der Waals surface area contributed by atoms with Crippen molar-refractivity contribution in [1.29, 1.82) is 0 Å². The third kappa shape index (κ3) is 3.25. The largest absolute Gasteiger partial charge is 0.321 e. The van der Waals surface area contributed by atoms with E-state index in [4.69, 9.17) is 11.6 Å². The Kier molecular flexibility index (Phi) is 5.04. The molecule has 0 atom stereocenters. The summed E-state index contributed by atoms with van der Waals surface area (Å²) in [6, 6.07) is 13.1. The van der Waals surface area contributed by atoms with Crippen LogP contribution in [0, 0.1) is 0 Å². The molecular weight excluding hydrogens is 376 g/mol. The molecule has 0 aliphatic heterocycles. The number of Topliss-reactive ketones (excluding diaryl/α,β-unsaturated/α-hetero) is 2. The molecule has 0 radical (unpaired) electrons. The molecule has 0 heterocycles. The van der Waals surface area contributed by atoms with Crippen LogP contribution in [0.25, 0.3) is 0 Å². The number of nitrogens with one attached hydrogen (secondary N) is 2. The van der Waals surface area contributed by atoms with Crippen LogP contribution in [0.5, 0.6) is 0 Å². The fourth-order valence-corrected chi connectivity index (χ4v) is 4.28. The Balaban J connectivity index is 1.71. The molecule has 0 saturated heterocycles. The number of halogens is 1. The first-order valence-electron chi connectivity index (χ1n) is 9.56. The maximum Gasteiger partial charge on any atom is 0.253 e. The third-order valence-corrected chi connectivity index (χ3v) is 5.75. The SMILES string of the molecule is O=C(NC1(NC2CCCCC2)C(=O)c2ccccc2C1=O)c1cccc(Cl)c1. The van der Waals surface area contributed by atoms with Gasteiger partial charge in [0, 0.05) is 27.8 Å². The lowest BCUT2D eigenvalue weighted by Crippen LogP contribution is -2.68. The standard InChI is InChI=1S/C22H21ClN2O3/c23-15-8-6-7-14(13-15)21(28)25-22(24-16-9-2-1-3-10-16)19(26)17-11-4-5-12-18(17)20(22)27/h4-8,11-13,16,24H,1-3,9-10H2,(H,25,28). The lowest BCUT2D eigenvalue weighted by Gasteiger charge is -2.34. The van der Waals surface area contributed by atoms with E-state index in [9.17, 15) is 14.4 Å². The first kappa shape index (κ1) is 18.8. The zero-order valence-corrected chi connectivity index (χ0v) is 16.1. The summed E-state index contributed by atoms with van der Waals surface area (Å²) >= 11 is 6.00. The van der Waals surface area contributed by atoms with Gasteiger partial charge in [-0.3, -0.25) is 19.7 Å². The van der Waals surface area contributed by atoms with E-state index in [1.54, 1.807) is 42.5 Å². The Morgan fingerprint density at radius 1 is 0.929 bits per heavy atom. The van der Waals surface area contributed by atoms with Gasteiger partial charge in [-0.25, -0.2) is 0 Å². The Bertz CT molecular complexity index is 915. The van der Waals surface area contributed by atoms with Gasteiger partial charge in [0.15, 0.2) is 0 Å². The minimum Gasteiger partial charge on any atom is -0.321 e. The van der Waals surface area contributed by atoms with Crippen LogP contribution < -0.4 is 10.6 Å². The van der Waals surface area contributed by atoms with Crippen LogP contribution in [0.15, 0.2) is 48.5 Å². The number of carbonyl (C=O) groups is 3. The number of benzene rings is 2. The van der Waals surface area contributed by atoms with E-state index < -0.39 is 23.1 Å². The molecular formula is C22H21ClN2O3. The van der Waals surface area contributed by atoms with Crippen molar-refractivity contribution in [3.05, 3.63) is 70.2 Å². The van der Waals surface area contributed by atoms with Crippen LogP contribution in [0.2, 0.25) is 5.02 Å². The van der Waals surface area contributed by atoms with Crippen molar-refractivity contribution in [2.45, 2.75) is 43.8 Å². The molecule has 1 saturated carbocycles. The van der Waals surface area contributed by atoms with Crippen molar-refractivity contribution >= 4 is 29.1 Å². The summed E-state index contributed by atoms with van der Waals surface area (Å²) in [5, 5.41) is 6.36. The average molecular weight is 397 g/mol. The molecule has 5 nitrogen and oxygen atoms in total. The number of amides is 1. The zero-order valence-electron chi connectivity index (χ0n) is 15.3. The molecule has 2 N–H and O–H groups in total. The van der Waals surface area contributed by atoms with Gasteiger partial charge in [-0.1, -0.05) is 61.2 Å². The highest BCUT2D eigenvalue weighted by Crippen LogP contribution is 2.31. The first-order chi connectivity index (χ1) is 13.5. The van der Waals surface area contributed by atoms with E-state index >= 15 is 0 Å². The molecule has 2 aromatic rings. The summed E-state index contributed by atoms with van der Waals surface area (Å²) in [5.41, 5.74) is -0.802. The Labute approximate surface area is 168 Å². The zero-order chi connectivity index (χ0) is 19.7. The highest BCUT2D eigenvalue weighted by Gasteiger charge is 2.55. The minimum absolute atomic E-state index is 0.00405. The lowest BCUT2D eigenvalue weighted by molar-refractivity contribution is 0.0626. The number of fused-ring (bicyclic) bond motifs is 1. The average Bonchev–Trinajstić information content (AvgIpc) is 2.91. The third-order valence-electron chi connectivity index (χ3n) is 5.51. The second kappa shape index (κ2) is 7.49. The van der Waals surface area contributed by atoms with Crippen LogP contribution in [0.3, 0.4) is 0 Å². The summed E-state index contributed by atoms with van der Waals surface area (Å²) in [6.07, 6.45) is 4.94. The fraction of sp³-hybridized carbons (Fsp3) is 0.318. The van der Waals surface area contributed by atoms with E-state index in [1.807, 2.05) is 0 Å². The van der Waals surface area contributed by atoms with Gasteiger partial charge in [-0.15, -0.1) is 0 Å². The van der Waals surface area contributed by atoms with Crippen molar-refractivity contribution in [3.63, 3.8) is 0 Å². The number of rotatable bonds is 4. The Morgan fingerprint density at radius 3 is 2.18 bits per heavy atom. The maximum absolute atomic E-state index is 13.3. The van der Waals surface area contributed by atoms with E-state index in [0.29, 0.717) is 21.7 Å². The van der Waals surface area contributed by atoms with Crippen LogP contribution in [0.4, 0.5) is 0 Å². The van der Waals surface area contributed by atoms with E-state index in [2.05, 4.69) is 10.6 Å². The van der Waals surface area contributed by atoms with Crippen molar-refractivity contribution in [2.75, 3.05) is 0 Å². The molecule has 0 aromatic heterocycles. The Morgan fingerprint density at radius 2 is 1.57 bits per heavy atom. The van der Waals surface area contributed by atoms with E-state index in [0.717, 1.165) is 32.1 Å². The minimum atomic E-state index is -1.77. The molecule has 0 bridgehead atoms. The molecule has 0 unspecified atom stereocenters. The van der Waals surface area contributed by atoms with Gasteiger partial charge in [0.2, 0.25) is 17.2 Å². The van der Waals surface area contributed by atoms with Crippen molar-refractivity contribution in [1.82, 2.24) is 10.6 Å². The predicted molar refractivity (Wildman–Crippen MR) is 107 cm³/mol. The highest BCUT2D eigenvalue weighted by molar-refractivity contribution is 6.34. The lowest BCUT2D eigenvalue weighted by atomic mass is 9.92. The van der Waals surface area contributed by atoms with Gasteiger partial charge < -0.3 is 5.32 Å². The normalized spacial score (nSPS) is 18.8. The summed E-state index contributed by atoms with van der Waals surface area (Å²) in [5.74, 6) is -1.33. The second-order valence-corrected chi connectivity index (χ2v) is 7.83. The fourth-order valence-electron chi connectivity index (χ4n) is 4.09. The van der Waals surface area contributed by atoms with Crippen molar-refractivity contribution in [2.24, 2.45) is 0 Å². The molecule has 6 heteroatoms. The molecule has 2 aromatic carbocycles. The smallest absolute Gasteiger partial charge is 0.253 e. The van der Waals surface area contributed by atoms with Gasteiger partial charge in [-0.05, 0) is 31.0 Å². The summed E-state index contributed by atoms with van der Waals surface area (Å²) in [4.78, 5) is 39.6. The quantitative estimate of drug-likeness (QED) is 0.609. The van der Waals surface area contributed by atoms with Crippen molar-refractivity contribution in [3.8, 4) is 0 Å². The van der Waals surface area contributed by atoms with Gasteiger partial charge in [0.05, 0.1) is 0 Å². The highest BCUT2D eigenvalue weighted by atomic mass is 35.5. The van der Waals surface area contributed by atoms with Gasteiger partial charge in [-0.2, -0.15) is 0 Å².